The fourth-order valence-corrected chi connectivity index (χ4v) is 2.68. The molecule has 0 amide bonds. The van der Waals surface area contributed by atoms with Gasteiger partial charge in [-0.05, 0) is 37.5 Å². The molecule has 2 aromatic rings. The fraction of sp³-hybridized carbons (Fsp3) is 0.467. The summed E-state index contributed by atoms with van der Waals surface area (Å²) in [7, 11) is 0. The van der Waals surface area contributed by atoms with Crippen molar-refractivity contribution in [1.82, 2.24) is 10.1 Å². The van der Waals surface area contributed by atoms with Gasteiger partial charge < -0.3 is 10.3 Å². The van der Waals surface area contributed by atoms with Crippen molar-refractivity contribution in [2.24, 2.45) is 5.73 Å². The molecule has 20 heavy (non-hydrogen) atoms. The second-order valence-electron chi connectivity index (χ2n) is 5.60. The van der Waals surface area contributed by atoms with Gasteiger partial charge in [-0.2, -0.15) is 4.98 Å². The molecule has 0 radical (unpaired) electrons. The first kappa shape index (κ1) is 13.2. The van der Waals surface area contributed by atoms with Crippen molar-refractivity contribution in [1.29, 1.82) is 0 Å². The Hall–Kier alpha value is -1.75. The zero-order chi connectivity index (χ0) is 14.2. The lowest BCUT2D eigenvalue weighted by molar-refractivity contribution is 0.275. The van der Waals surface area contributed by atoms with Crippen LogP contribution in [0.25, 0.3) is 11.5 Å². The lowest BCUT2D eigenvalue weighted by Gasteiger charge is -2.29. The van der Waals surface area contributed by atoms with E-state index in [0.717, 1.165) is 25.7 Å². The topological polar surface area (TPSA) is 64.9 Å². The van der Waals surface area contributed by atoms with Crippen LogP contribution in [0.1, 0.15) is 43.5 Å². The van der Waals surface area contributed by atoms with Crippen LogP contribution in [0.2, 0.25) is 0 Å². The zero-order valence-electron chi connectivity index (χ0n) is 11.5. The summed E-state index contributed by atoms with van der Waals surface area (Å²) in [5.41, 5.74) is 7.05. The maximum absolute atomic E-state index is 13.6. The highest BCUT2D eigenvalue weighted by Gasteiger charge is 2.34. The molecule has 0 aliphatic heterocycles. The van der Waals surface area contributed by atoms with Crippen molar-refractivity contribution in [2.45, 2.75) is 44.6 Å². The monoisotopic (exact) mass is 275 g/mol. The molecule has 0 unspecified atom stereocenters. The highest BCUT2D eigenvalue weighted by molar-refractivity contribution is 5.53. The molecule has 106 valence electrons. The van der Waals surface area contributed by atoms with Gasteiger partial charge in [-0.25, -0.2) is 4.39 Å². The molecule has 1 aromatic heterocycles. The molecule has 1 fully saturated rings. The van der Waals surface area contributed by atoms with E-state index in [4.69, 9.17) is 10.3 Å². The molecule has 4 nitrogen and oxygen atoms in total. The van der Waals surface area contributed by atoms with E-state index in [0.29, 0.717) is 22.8 Å². The molecule has 1 aliphatic rings. The average Bonchev–Trinajstić information content (AvgIpc) is 2.93. The van der Waals surface area contributed by atoms with E-state index in [9.17, 15) is 4.39 Å². The van der Waals surface area contributed by atoms with E-state index >= 15 is 0 Å². The molecule has 1 heterocycles. The molecule has 0 saturated heterocycles. The summed E-state index contributed by atoms with van der Waals surface area (Å²) in [6.45, 7) is 1.72. The van der Waals surface area contributed by atoms with Crippen LogP contribution in [-0.2, 0) is 5.54 Å². The van der Waals surface area contributed by atoms with Crippen LogP contribution in [0.15, 0.2) is 22.7 Å². The minimum atomic E-state index is -0.497. The summed E-state index contributed by atoms with van der Waals surface area (Å²) in [5, 5.41) is 4.01. The minimum Gasteiger partial charge on any atom is -0.334 e. The first-order valence-electron chi connectivity index (χ1n) is 6.98. The maximum Gasteiger partial charge on any atom is 0.258 e. The van der Waals surface area contributed by atoms with Crippen LogP contribution in [0.3, 0.4) is 0 Å². The van der Waals surface area contributed by atoms with Crippen molar-refractivity contribution in [3.8, 4) is 11.5 Å². The van der Waals surface area contributed by atoms with Crippen molar-refractivity contribution >= 4 is 0 Å². The standard InChI is InChI=1S/C15H18FN3O/c1-10-5-6-11(9-12(10)16)13-18-14(19-20-13)15(17)7-3-2-4-8-15/h5-6,9H,2-4,7-8,17H2,1H3. The Bertz CT molecular complexity index is 617. The van der Waals surface area contributed by atoms with Gasteiger partial charge in [0.15, 0.2) is 5.82 Å². The van der Waals surface area contributed by atoms with Gasteiger partial charge >= 0.3 is 0 Å². The highest BCUT2D eigenvalue weighted by atomic mass is 19.1. The zero-order valence-corrected chi connectivity index (χ0v) is 11.5. The van der Waals surface area contributed by atoms with Crippen LogP contribution >= 0.6 is 0 Å². The Kier molecular flexibility index (Phi) is 3.30. The first-order chi connectivity index (χ1) is 9.58. The van der Waals surface area contributed by atoms with E-state index in [-0.39, 0.29) is 5.82 Å². The summed E-state index contributed by atoms with van der Waals surface area (Å²) in [6.07, 6.45) is 5.11. The fourth-order valence-electron chi connectivity index (χ4n) is 2.68. The smallest absolute Gasteiger partial charge is 0.258 e. The lowest BCUT2D eigenvalue weighted by Crippen LogP contribution is -2.39. The van der Waals surface area contributed by atoms with Gasteiger partial charge in [-0.3, -0.25) is 0 Å². The largest absolute Gasteiger partial charge is 0.334 e. The Morgan fingerprint density at radius 3 is 2.70 bits per heavy atom. The predicted octanol–water partition coefficient (Wildman–Crippen LogP) is 3.30. The second kappa shape index (κ2) is 4.98. The number of aryl methyl sites for hydroxylation is 1. The van der Waals surface area contributed by atoms with Gasteiger partial charge in [-0.1, -0.05) is 30.5 Å². The van der Waals surface area contributed by atoms with Crippen LogP contribution in [-0.4, -0.2) is 10.1 Å². The molecule has 0 bridgehead atoms. The summed E-state index contributed by atoms with van der Waals surface area (Å²) in [6, 6.07) is 4.89. The molecule has 2 N–H and O–H groups in total. The van der Waals surface area contributed by atoms with Gasteiger partial charge in [0.2, 0.25) is 0 Å². The van der Waals surface area contributed by atoms with Crippen molar-refractivity contribution in [3.05, 3.63) is 35.4 Å². The van der Waals surface area contributed by atoms with Crippen molar-refractivity contribution in [3.63, 3.8) is 0 Å². The van der Waals surface area contributed by atoms with Crippen molar-refractivity contribution in [2.75, 3.05) is 0 Å². The number of hydrogen-bond donors (Lipinski definition) is 1. The number of hydrogen-bond acceptors (Lipinski definition) is 4. The molecular formula is C15H18FN3O. The SMILES string of the molecule is Cc1ccc(-c2nc(C3(N)CCCCC3)no2)cc1F. The number of benzene rings is 1. The summed E-state index contributed by atoms with van der Waals surface area (Å²) < 4.78 is 18.8. The molecule has 5 heteroatoms. The molecule has 3 rings (SSSR count). The van der Waals surface area contributed by atoms with E-state index in [1.807, 2.05) is 0 Å². The Balaban J connectivity index is 1.91. The third kappa shape index (κ3) is 2.33. The number of halogens is 1. The average molecular weight is 275 g/mol. The predicted molar refractivity (Wildman–Crippen MR) is 73.4 cm³/mol. The van der Waals surface area contributed by atoms with Gasteiger partial charge in [-0.15, -0.1) is 0 Å². The number of rotatable bonds is 2. The summed E-state index contributed by atoms with van der Waals surface area (Å²) in [5.74, 6) is 0.588. The van der Waals surface area contributed by atoms with Gasteiger partial charge in [0.1, 0.15) is 5.82 Å². The molecule has 0 atom stereocenters. The third-order valence-electron chi connectivity index (χ3n) is 4.04. The quantitative estimate of drug-likeness (QED) is 0.913. The minimum absolute atomic E-state index is 0.276. The molecular weight excluding hydrogens is 257 g/mol. The molecule has 1 aliphatic carbocycles. The molecule has 0 spiro atoms. The van der Waals surface area contributed by atoms with E-state index in [1.54, 1.807) is 19.1 Å². The van der Waals surface area contributed by atoms with Gasteiger partial charge in [0.25, 0.3) is 5.89 Å². The van der Waals surface area contributed by atoms with Gasteiger partial charge in [0.05, 0.1) is 5.54 Å². The number of aromatic nitrogens is 2. The van der Waals surface area contributed by atoms with E-state index in [2.05, 4.69) is 10.1 Å². The van der Waals surface area contributed by atoms with E-state index < -0.39 is 5.54 Å². The normalized spacial score (nSPS) is 18.1. The third-order valence-corrected chi connectivity index (χ3v) is 4.04. The Labute approximate surface area is 117 Å². The highest BCUT2D eigenvalue weighted by Crippen LogP contribution is 2.34. The van der Waals surface area contributed by atoms with Crippen LogP contribution < -0.4 is 5.73 Å². The number of nitrogens with two attached hydrogens (primary N) is 1. The second-order valence-corrected chi connectivity index (χ2v) is 5.60. The molecule has 1 aromatic carbocycles. The first-order valence-corrected chi connectivity index (χ1v) is 6.98. The molecule has 1 saturated carbocycles. The van der Waals surface area contributed by atoms with Crippen LogP contribution in [0.4, 0.5) is 4.39 Å². The summed E-state index contributed by atoms with van der Waals surface area (Å²) in [4.78, 5) is 4.38. The maximum atomic E-state index is 13.6. The Morgan fingerprint density at radius 2 is 2.00 bits per heavy atom. The number of nitrogens with zero attached hydrogens (tertiary/aromatic N) is 2. The van der Waals surface area contributed by atoms with Crippen molar-refractivity contribution < 1.29 is 8.91 Å². The lowest BCUT2D eigenvalue weighted by atomic mass is 9.82. The van der Waals surface area contributed by atoms with Crippen LogP contribution in [0.5, 0.6) is 0 Å². The van der Waals surface area contributed by atoms with Gasteiger partial charge in [0, 0.05) is 5.56 Å². The Morgan fingerprint density at radius 1 is 1.25 bits per heavy atom. The summed E-state index contributed by atoms with van der Waals surface area (Å²) >= 11 is 0. The van der Waals surface area contributed by atoms with Crippen LogP contribution in [0, 0.1) is 12.7 Å². The van der Waals surface area contributed by atoms with E-state index in [1.165, 1.54) is 12.5 Å².